The van der Waals surface area contributed by atoms with Gasteiger partial charge in [0.05, 0.1) is 0 Å². The highest BCUT2D eigenvalue weighted by molar-refractivity contribution is 7.89. The van der Waals surface area contributed by atoms with E-state index >= 15 is 0 Å². The molecule has 0 atom stereocenters. The number of H-pyrrole nitrogens is 1. The Morgan fingerprint density at radius 2 is 1.92 bits per heavy atom. The Morgan fingerprint density at radius 1 is 1.15 bits per heavy atom. The van der Waals surface area contributed by atoms with Crippen molar-refractivity contribution >= 4 is 27.3 Å². The van der Waals surface area contributed by atoms with Gasteiger partial charge in [0.25, 0.3) is 5.91 Å². The predicted molar refractivity (Wildman–Crippen MR) is 97.8 cm³/mol. The van der Waals surface area contributed by atoms with Crippen molar-refractivity contribution in [3.8, 4) is 0 Å². The molecule has 1 N–H and O–H groups in total. The zero-order valence-electron chi connectivity index (χ0n) is 14.1. The molecule has 4 rings (SSSR count). The summed E-state index contributed by atoms with van der Waals surface area (Å²) >= 11 is 1.17. The number of rotatable bonds is 3. The molecule has 0 unspecified atom stereocenters. The maximum atomic E-state index is 13.0. The van der Waals surface area contributed by atoms with Crippen molar-refractivity contribution in [2.75, 3.05) is 19.6 Å². The third-order valence-electron chi connectivity index (χ3n) is 4.91. The van der Waals surface area contributed by atoms with Crippen LogP contribution < -0.4 is 5.56 Å². The molecular weight excluding hydrogens is 374 g/mol. The lowest BCUT2D eigenvalue weighted by Gasteiger charge is -2.28. The number of carbonyl (C=O) groups excluding carboxylic acids is 1. The highest BCUT2D eigenvalue weighted by Crippen LogP contribution is 2.30. The summed E-state index contributed by atoms with van der Waals surface area (Å²) in [6, 6.07) is 3.09. The van der Waals surface area contributed by atoms with E-state index in [1.807, 2.05) is 0 Å². The quantitative estimate of drug-likeness (QED) is 0.854. The molecule has 1 fully saturated rings. The van der Waals surface area contributed by atoms with Crippen LogP contribution in [-0.2, 0) is 23.0 Å². The molecule has 0 radical (unpaired) electrons. The summed E-state index contributed by atoms with van der Waals surface area (Å²) in [6.45, 7) is 1.86. The molecule has 1 saturated heterocycles. The van der Waals surface area contributed by atoms with E-state index < -0.39 is 10.0 Å². The van der Waals surface area contributed by atoms with Gasteiger partial charge >= 0.3 is 0 Å². The Balaban J connectivity index is 1.61. The Kier molecular flexibility index (Phi) is 4.45. The van der Waals surface area contributed by atoms with Crippen molar-refractivity contribution in [1.29, 1.82) is 0 Å². The van der Waals surface area contributed by atoms with Crippen LogP contribution in [-0.4, -0.2) is 48.1 Å². The van der Waals surface area contributed by atoms with Crippen LogP contribution in [0.25, 0.3) is 0 Å². The summed E-state index contributed by atoms with van der Waals surface area (Å²) in [4.78, 5) is 29.1. The van der Waals surface area contributed by atoms with Gasteiger partial charge in [-0.25, -0.2) is 8.42 Å². The molecule has 0 aliphatic carbocycles. The Labute approximate surface area is 155 Å². The first kappa shape index (κ1) is 17.4. The van der Waals surface area contributed by atoms with E-state index in [1.54, 1.807) is 22.5 Å². The number of thiophene rings is 1. The van der Waals surface area contributed by atoms with Gasteiger partial charge in [-0.1, -0.05) is 0 Å². The average molecular weight is 393 g/mol. The molecule has 2 aliphatic heterocycles. The Hall–Kier alpha value is -1.97. The Bertz CT molecular complexity index is 1000. The number of aromatic amines is 1. The van der Waals surface area contributed by atoms with Gasteiger partial charge in [-0.3, -0.25) is 9.59 Å². The number of pyridine rings is 1. The van der Waals surface area contributed by atoms with Crippen LogP contribution in [0.1, 0.15) is 33.6 Å². The molecule has 9 heteroatoms. The van der Waals surface area contributed by atoms with Gasteiger partial charge in [-0.05, 0) is 41.8 Å². The third-order valence-corrected chi connectivity index (χ3v) is 7.88. The molecular formula is C17H19N3O4S2. The van der Waals surface area contributed by atoms with Crippen molar-refractivity contribution in [3.63, 3.8) is 0 Å². The van der Waals surface area contributed by atoms with Crippen molar-refractivity contribution in [1.82, 2.24) is 14.2 Å². The normalized spacial score (nSPS) is 18.1. The zero-order chi connectivity index (χ0) is 18.3. The molecule has 2 aliphatic rings. The van der Waals surface area contributed by atoms with Gasteiger partial charge in [0.2, 0.25) is 15.6 Å². The van der Waals surface area contributed by atoms with Crippen LogP contribution in [0.4, 0.5) is 0 Å². The maximum Gasteiger partial charge on any atom is 0.265 e. The minimum Gasteiger partial charge on any atom is -0.333 e. The van der Waals surface area contributed by atoms with E-state index in [1.165, 1.54) is 21.7 Å². The molecule has 7 nitrogen and oxygen atoms in total. The van der Waals surface area contributed by atoms with Gasteiger partial charge < -0.3 is 9.88 Å². The van der Waals surface area contributed by atoms with Crippen molar-refractivity contribution in [3.05, 3.63) is 50.1 Å². The average Bonchev–Trinajstić information content (AvgIpc) is 3.32. The van der Waals surface area contributed by atoms with Crippen LogP contribution in [0.2, 0.25) is 0 Å². The molecule has 0 saturated carbocycles. The smallest absolute Gasteiger partial charge is 0.265 e. The van der Waals surface area contributed by atoms with E-state index in [-0.39, 0.29) is 21.2 Å². The van der Waals surface area contributed by atoms with Gasteiger partial charge in [0, 0.05) is 38.4 Å². The number of nitrogens with zero attached hydrogens (tertiary/aromatic N) is 2. The van der Waals surface area contributed by atoms with Crippen LogP contribution in [0.3, 0.4) is 0 Å². The number of carbonyl (C=O) groups is 1. The molecule has 2 aromatic rings. The van der Waals surface area contributed by atoms with Crippen LogP contribution in [0.15, 0.2) is 33.4 Å². The predicted octanol–water partition coefficient (Wildman–Crippen LogP) is 1.42. The molecule has 2 aromatic heterocycles. The lowest BCUT2D eigenvalue weighted by Crippen LogP contribution is -2.37. The fourth-order valence-corrected chi connectivity index (χ4v) is 6.38. The third kappa shape index (κ3) is 3.00. The van der Waals surface area contributed by atoms with E-state index in [0.29, 0.717) is 32.6 Å². The second kappa shape index (κ2) is 6.64. The summed E-state index contributed by atoms with van der Waals surface area (Å²) in [6.07, 6.45) is 3.93. The van der Waals surface area contributed by atoms with Gasteiger partial charge in [0.15, 0.2) is 0 Å². The van der Waals surface area contributed by atoms with E-state index in [2.05, 4.69) is 4.98 Å². The molecule has 138 valence electrons. The fourth-order valence-electron chi connectivity index (χ4n) is 3.50. The molecule has 4 heterocycles. The first-order chi connectivity index (χ1) is 12.5. The Morgan fingerprint density at radius 3 is 2.69 bits per heavy atom. The van der Waals surface area contributed by atoms with E-state index in [4.69, 9.17) is 0 Å². The van der Waals surface area contributed by atoms with Crippen molar-refractivity contribution in [2.24, 2.45) is 0 Å². The van der Waals surface area contributed by atoms with Crippen LogP contribution in [0.5, 0.6) is 0 Å². The SMILES string of the molecule is O=C(c1sccc1S(=O)(=O)N1CCCC1)N1CCc2cc(=O)[nH]cc2C1. The molecule has 0 spiro atoms. The summed E-state index contributed by atoms with van der Waals surface area (Å²) in [5.74, 6) is -0.269. The second-order valence-electron chi connectivity index (χ2n) is 6.55. The summed E-state index contributed by atoms with van der Waals surface area (Å²) in [7, 11) is -3.63. The number of sulfonamides is 1. The molecule has 26 heavy (non-hydrogen) atoms. The van der Waals surface area contributed by atoms with Crippen molar-refractivity contribution < 1.29 is 13.2 Å². The molecule has 1 amide bonds. The highest BCUT2D eigenvalue weighted by atomic mass is 32.2. The highest BCUT2D eigenvalue weighted by Gasteiger charge is 2.33. The fraction of sp³-hybridized carbons (Fsp3) is 0.412. The second-order valence-corrected chi connectivity index (χ2v) is 9.37. The first-order valence-electron chi connectivity index (χ1n) is 8.54. The lowest BCUT2D eigenvalue weighted by molar-refractivity contribution is 0.0735. The number of hydrogen-bond acceptors (Lipinski definition) is 5. The van der Waals surface area contributed by atoms with Crippen molar-refractivity contribution in [2.45, 2.75) is 30.7 Å². The number of hydrogen-bond donors (Lipinski definition) is 1. The summed E-state index contributed by atoms with van der Waals surface area (Å²) < 4.78 is 27.2. The van der Waals surface area contributed by atoms with Gasteiger partial charge in [0.1, 0.15) is 9.77 Å². The minimum absolute atomic E-state index is 0.113. The first-order valence-corrected chi connectivity index (χ1v) is 10.9. The van der Waals surface area contributed by atoms with E-state index in [9.17, 15) is 18.0 Å². The maximum absolute atomic E-state index is 13.0. The number of aromatic nitrogens is 1. The standard InChI is InChI=1S/C17H19N3O4S2/c21-15-9-12-3-7-19(11-13(12)10-18-15)17(22)16-14(4-8-25-16)26(23,24)20-5-1-2-6-20/h4,8-10H,1-3,5-7,11H2,(H,18,21). The summed E-state index contributed by atoms with van der Waals surface area (Å²) in [5, 5.41) is 1.66. The monoisotopic (exact) mass is 393 g/mol. The lowest BCUT2D eigenvalue weighted by atomic mass is 10.0. The molecule has 0 bridgehead atoms. The van der Waals surface area contributed by atoms with E-state index in [0.717, 1.165) is 24.0 Å². The minimum atomic E-state index is -3.63. The number of nitrogens with one attached hydrogen (secondary N) is 1. The number of amides is 1. The molecule has 0 aromatic carbocycles. The zero-order valence-corrected chi connectivity index (χ0v) is 15.7. The van der Waals surface area contributed by atoms with Gasteiger partial charge in [-0.2, -0.15) is 4.31 Å². The van der Waals surface area contributed by atoms with Gasteiger partial charge in [-0.15, -0.1) is 11.3 Å². The number of fused-ring (bicyclic) bond motifs is 1. The van der Waals surface area contributed by atoms with Crippen LogP contribution >= 0.6 is 11.3 Å². The summed E-state index contributed by atoms with van der Waals surface area (Å²) in [5.41, 5.74) is 1.68. The topological polar surface area (TPSA) is 90.6 Å². The largest absolute Gasteiger partial charge is 0.333 e. The van der Waals surface area contributed by atoms with Crippen LogP contribution in [0, 0.1) is 0 Å².